The van der Waals surface area contributed by atoms with Gasteiger partial charge in [0, 0.05) is 19.6 Å². The fraction of sp³-hybridized carbons (Fsp3) is 0.562. The molecule has 4 nitrogen and oxygen atoms in total. The molecule has 2 fully saturated rings. The molecule has 1 aromatic rings. The van der Waals surface area contributed by atoms with Crippen molar-refractivity contribution in [1.82, 2.24) is 10.2 Å². The van der Waals surface area contributed by atoms with Crippen LogP contribution < -0.4 is 5.32 Å². The summed E-state index contributed by atoms with van der Waals surface area (Å²) in [5, 5.41) is 3.47. The van der Waals surface area contributed by atoms with Crippen molar-refractivity contribution in [3.63, 3.8) is 0 Å². The van der Waals surface area contributed by atoms with Crippen molar-refractivity contribution in [2.24, 2.45) is 4.99 Å². The molecular weight excluding hydrogens is 396 g/mol. The number of halogens is 2. The molecule has 2 unspecified atom stereocenters. The van der Waals surface area contributed by atoms with Gasteiger partial charge in [-0.3, -0.25) is 4.99 Å². The lowest BCUT2D eigenvalue weighted by Gasteiger charge is -2.38. The third-order valence-corrected chi connectivity index (χ3v) is 3.92. The summed E-state index contributed by atoms with van der Waals surface area (Å²) in [4.78, 5) is 6.62. The molecule has 0 bridgehead atoms. The van der Waals surface area contributed by atoms with Crippen LogP contribution in [0.3, 0.4) is 0 Å². The first kappa shape index (κ1) is 17.5. The van der Waals surface area contributed by atoms with Gasteiger partial charge in [-0.1, -0.05) is 12.1 Å². The lowest BCUT2D eigenvalue weighted by Crippen LogP contribution is -2.51. The van der Waals surface area contributed by atoms with E-state index in [-0.39, 0.29) is 42.0 Å². The second kappa shape index (κ2) is 7.59. The average molecular weight is 419 g/mol. The van der Waals surface area contributed by atoms with Crippen molar-refractivity contribution in [3.05, 3.63) is 35.6 Å². The predicted octanol–water partition coefficient (Wildman–Crippen LogP) is 2.94. The lowest BCUT2D eigenvalue weighted by atomic mass is 10.1. The van der Waals surface area contributed by atoms with Gasteiger partial charge in [0.1, 0.15) is 11.9 Å². The van der Waals surface area contributed by atoms with E-state index < -0.39 is 0 Å². The molecule has 2 atom stereocenters. The number of hydrogen-bond donors (Lipinski definition) is 1. The van der Waals surface area contributed by atoms with E-state index in [2.05, 4.69) is 22.1 Å². The number of aliphatic imine (C=N–C) groups is 1. The van der Waals surface area contributed by atoms with Crippen LogP contribution in [0.4, 0.5) is 4.39 Å². The normalized spacial score (nSPS) is 25.6. The average Bonchev–Trinajstić information content (AvgIpc) is 3.29. The van der Waals surface area contributed by atoms with E-state index in [9.17, 15) is 4.39 Å². The molecule has 1 heterocycles. The molecule has 1 aliphatic carbocycles. The van der Waals surface area contributed by atoms with E-state index in [0.717, 1.165) is 24.6 Å². The van der Waals surface area contributed by atoms with Crippen molar-refractivity contribution in [3.8, 4) is 0 Å². The number of benzene rings is 1. The van der Waals surface area contributed by atoms with E-state index >= 15 is 0 Å². The van der Waals surface area contributed by atoms with E-state index in [0.29, 0.717) is 6.04 Å². The summed E-state index contributed by atoms with van der Waals surface area (Å²) in [5.41, 5.74) is 1.01. The molecule has 0 aromatic heterocycles. The molecule has 22 heavy (non-hydrogen) atoms. The molecule has 1 aromatic carbocycles. The van der Waals surface area contributed by atoms with Gasteiger partial charge in [0.15, 0.2) is 5.96 Å². The van der Waals surface area contributed by atoms with Gasteiger partial charge in [0.2, 0.25) is 0 Å². The van der Waals surface area contributed by atoms with Gasteiger partial charge in [-0.05, 0) is 37.5 Å². The Morgan fingerprint density at radius 3 is 2.55 bits per heavy atom. The first-order chi connectivity index (χ1) is 10.2. The summed E-state index contributed by atoms with van der Waals surface area (Å²) in [6.45, 7) is 3.62. The molecule has 0 spiro atoms. The van der Waals surface area contributed by atoms with Crippen LogP contribution in [-0.4, -0.2) is 43.1 Å². The van der Waals surface area contributed by atoms with Crippen LogP contribution in [0.1, 0.15) is 31.4 Å². The fourth-order valence-corrected chi connectivity index (χ4v) is 2.69. The Morgan fingerprint density at radius 1 is 1.27 bits per heavy atom. The van der Waals surface area contributed by atoms with Crippen molar-refractivity contribution < 1.29 is 9.13 Å². The molecule has 0 amide bonds. The Labute approximate surface area is 148 Å². The molecule has 122 valence electrons. The van der Waals surface area contributed by atoms with Gasteiger partial charge in [0.05, 0.1) is 12.6 Å². The Morgan fingerprint density at radius 2 is 1.95 bits per heavy atom. The minimum absolute atomic E-state index is 0. The Kier molecular flexibility index (Phi) is 6.02. The van der Waals surface area contributed by atoms with Crippen LogP contribution in [0.15, 0.2) is 29.3 Å². The van der Waals surface area contributed by atoms with Crippen LogP contribution in [-0.2, 0) is 4.74 Å². The maximum absolute atomic E-state index is 13.1. The van der Waals surface area contributed by atoms with Gasteiger partial charge in [-0.2, -0.15) is 0 Å². The van der Waals surface area contributed by atoms with Gasteiger partial charge < -0.3 is 15.0 Å². The van der Waals surface area contributed by atoms with Gasteiger partial charge >= 0.3 is 0 Å². The first-order valence-electron chi connectivity index (χ1n) is 7.55. The quantitative estimate of drug-likeness (QED) is 0.455. The molecule has 1 aliphatic heterocycles. The second-order valence-corrected chi connectivity index (χ2v) is 5.86. The number of guanidine groups is 1. The molecular formula is C16H23FIN3O. The van der Waals surface area contributed by atoms with Crippen LogP contribution in [0, 0.1) is 5.82 Å². The monoisotopic (exact) mass is 419 g/mol. The van der Waals surface area contributed by atoms with E-state index in [1.165, 1.54) is 25.0 Å². The predicted molar refractivity (Wildman–Crippen MR) is 96.2 cm³/mol. The highest BCUT2D eigenvalue weighted by Gasteiger charge is 2.31. The fourth-order valence-electron chi connectivity index (χ4n) is 2.69. The smallest absolute Gasteiger partial charge is 0.194 e. The zero-order valence-corrected chi connectivity index (χ0v) is 15.3. The van der Waals surface area contributed by atoms with Crippen molar-refractivity contribution >= 4 is 29.9 Å². The van der Waals surface area contributed by atoms with Gasteiger partial charge in [-0.25, -0.2) is 4.39 Å². The summed E-state index contributed by atoms with van der Waals surface area (Å²) in [7, 11) is 1.82. The summed E-state index contributed by atoms with van der Waals surface area (Å²) < 4.78 is 19.1. The maximum atomic E-state index is 13.1. The zero-order valence-electron chi connectivity index (χ0n) is 13.0. The number of ether oxygens (including phenoxy) is 1. The van der Waals surface area contributed by atoms with Crippen LogP contribution in [0.5, 0.6) is 0 Å². The van der Waals surface area contributed by atoms with E-state index in [4.69, 9.17) is 4.74 Å². The molecule has 6 heteroatoms. The van der Waals surface area contributed by atoms with E-state index in [1.807, 2.05) is 7.05 Å². The number of nitrogens with zero attached hydrogens (tertiary/aromatic N) is 2. The number of hydrogen-bond acceptors (Lipinski definition) is 2. The highest BCUT2D eigenvalue weighted by molar-refractivity contribution is 14.0. The minimum atomic E-state index is -0.217. The summed E-state index contributed by atoms with van der Waals surface area (Å²) >= 11 is 0. The standard InChI is InChI=1S/C16H22FN3O.HI/c1-11-9-20(16(18-2)19-14-7-8-14)10-15(21-11)12-3-5-13(17)6-4-12;/h3-6,11,14-15H,7-10H2,1-2H3,(H,18,19);1H. The summed E-state index contributed by atoms with van der Waals surface area (Å²) in [5.74, 6) is 0.727. The summed E-state index contributed by atoms with van der Waals surface area (Å²) in [6, 6.07) is 7.14. The first-order valence-corrected chi connectivity index (χ1v) is 7.55. The third-order valence-electron chi connectivity index (χ3n) is 3.92. The largest absolute Gasteiger partial charge is 0.367 e. The number of morpholine rings is 1. The highest BCUT2D eigenvalue weighted by Crippen LogP contribution is 2.26. The van der Waals surface area contributed by atoms with Crippen molar-refractivity contribution in [2.75, 3.05) is 20.1 Å². The Bertz CT molecular complexity index is 519. The number of rotatable bonds is 2. The molecule has 1 saturated heterocycles. The highest BCUT2D eigenvalue weighted by atomic mass is 127. The van der Waals surface area contributed by atoms with Crippen LogP contribution in [0.2, 0.25) is 0 Å². The molecule has 2 aliphatic rings. The molecule has 3 rings (SSSR count). The Hall–Kier alpha value is -0.890. The van der Waals surface area contributed by atoms with Gasteiger partial charge in [0.25, 0.3) is 0 Å². The second-order valence-electron chi connectivity index (χ2n) is 5.86. The van der Waals surface area contributed by atoms with Crippen LogP contribution >= 0.6 is 24.0 Å². The molecule has 1 saturated carbocycles. The topological polar surface area (TPSA) is 36.9 Å². The van der Waals surface area contributed by atoms with E-state index in [1.54, 1.807) is 12.1 Å². The van der Waals surface area contributed by atoms with Gasteiger partial charge in [-0.15, -0.1) is 24.0 Å². The van der Waals surface area contributed by atoms with Crippen molar-refractivity contribution in [2.45, 2.75) is 38.0 Å². The number of nitrogens with one attached hydrogen (secondary N) is 1. The Balaban J connectivity index is 0.00000176. The zero-order chi connectivity index (χ0) is 14.8. The lowest BCUT2D eigenvalue weighted by molar-refractivity contribution is -0.0605. The maximum Gasteiger partial charge on any atom is 0.194 e. The molecule has 1 N–H and O–H groups in total. The molecule has 0 radical (unpaired) electrons. The third kappa shape index (κ3) is 4.32. The van der Waals surface area contributed by atoms with Crippen LogP contribution in [0.25, 0.3) is 0 Å². The van der Waals surface area contributed by atoms with Crippen molar-refractivity contribution in [1.29, 1.82) is 0 Å². The minimum Gasteiger partial charge on any atom is -0.367 e. The summed E-state index contributed by atoms with van der Waals surface area (Å²) in [6.07, 6.45) is 2.51. The SMILES string of the molecule is CN=C(NC1CC1)N1CC(C)OC(c2ccc(F)cc2)C1.I.